The zero-order chi connectivity index (χ0) is 10.9. The molecule has 0 bridgehead atoms. The molecule has 80 valence electrons. The Bertz CT molecular complexity index is 456. The van der Waals surface area contributed by atoms with E-state index in [0.29, 0.717) is 0 Å². The number of aliphatic hydroxyl groups excluding tert-OH is 1. The molecule has 0 fully saturated rings. The van der Waals surface area contributed by atoms with Gasteiger partial charge in [-0.25, -0.2) is 0 Å². The number of fused-ring (bicyclic) bond motifs is 1. The van der Waals surface area contributed by atoms with Gasteiger partial charge in [0.15, 0.2) is 0 Å². The highest BCUT2D eigenvalue weighted by Gasteiger charge is 2.18. The van der Waals surface area contributed by atoms with Crippen LogP contribution in [0.1, 0.15) is 19.4 Å². The minimum absolute atomic E-state index is 0.0500. The van der Waals surface area contributed by atoms with Crippen molar-refractivity contribution >= 4 is 10.9 Å². The monoisotopic (exact) mass is 203 g/mol. The van der Waals surface area contributed by atoms with Crippen molar-refractivity contribution < 1.29 is 5.11 Å². The van der Waals surface area contributed by atoms with E-state index in [1.165, 1.54) is 16.5 Å². The highest BCUT2D eigenvalue weighted by Crippen LogP contribution is 2.26. The van der Waals surface area contributed by atoms with Crippen LogP contribution in [0.5, 0.6) is 0 Å². The third kappa shape index (κ3) is 2.05. The maximum Gasteiger partial charge on any atom is 0.0485 e. The van der Waals surface area contributed by atoms with Crippen LogP contribution in [-0.2, 0) is 6.42 Å². The number of aromatic amines is 1. The SMILES string of the molecule is CC(C)(CO)Cc1cccc2[nH]ccc12. The number of rotatable bonds is 3. The Morgan fingerprint density at radius 1 is 1.27 bits per heavy atom. The largest absolute Gasteiger partial charge is 0.396 e. The summed E-state index contributed by atoms with van der Waals surface area (Å²) in [6.07, 6.45) is 2.86. The number of H-pyrrole nitrogens is 1. The molecule has 0 unspecified atom stereocenters. The fraction of sp³-hybridized carbons (Fsp3) is 0.385. The molecule has 0 saturated carbocycles. The first-order chi connectivity index (χ1) is 7.12. The van der Waals surface area contributed by atoms with E-state index in [2.05, 4.69) is 43.1 Å². The summed E-state index contributed by atoms with van der Waals surface area (Å²) in [5.41, 5.74) is 2.42. The Kier molecular flexibility index (Phi) is 2.53. The lowest BCUT2D eigenvalue weighted by molar-refractivity contribution is 0.160. The van der Waals surface area contributed by atoms with Crippen LogP contribution < -0.4 is 0 Å². The Balaban J connectivity index is 2.39. The van der Waals surface area contributed by atoms with Gasteiger partial charge in [-0.05, 0) is 29.5 Å². The second kappa shape index (κ2) is 3.70. The first-order valence-corrected chi connectivity index (χ1v) is 5.28. The summed E-state index contributed by atoms with van der Waals surface area (Å²) in [5.74, 6) is 0. The molecule has 0 aliphatic heterocycles. The van der Waals surface area contributed by atoms with Crippen LogP contribution >= 0.6 is 0 Å². The summed E-state index contributed by atoms with van der Waals surface area (Å²) in [6.45, 7) is 4.38. The number of aliphatic hydroxyl groups is 1. The molecule has 1 aromatic carbocycles. The molecule has 0 amide bonds. The van der Waals surface area contributed by atoms with E-state index in [1.54, 1.807) is 0 Å². The highest BCUT2D eigenvalue weighted by molar-refractivity contribution is 5.82. The molecule has 0 aliphatic carbocycles. The molecule has 15 heavy (non-hydrogen) atoms. The fourth-order valence-electron chi connectivity index (χ4n) is 1.88. The topological polar surface area (TPSA) is 36.0 Å². The third-order valence-electron chi connectivity index (χ3n) is 2.78. The van der Waals surface area contributed by atoms with E-state index in [1.807, 2.05) is 6.20 Å². The smallest absolute Gasteiger partial charge is 0.0485 e. The third-order valence-corrected chi connectivity index (χ3v) is 2.78. The number of hydrogen-bond donors (Lipinski definition) is 2. The predicted octanol–water partition coefficient (Wildman–Crippen LogP) is 2.73. The molecule has 2 rings (SSSR count). The lowest BCUT2D eigenvalue weighted by atomic mass is 9.86. The van der Waals surface area contributed by atoms with Gasteiger partial charge in [-0.1, -0.05) is 26.0 Å². The van der Waals surface area contributed by atoms with Crippen molar-refractivity contribution in [2.75, 3.05) is 6.61 Å². The Hall–Kier alpha value is -1.28. The molecule has 0 radical (unpaired) electrons. The van der Waals surface area contributed by atoms with Crippen molar-refractivity contribution in [2.24, 2.45) is 5.41 Å². The first-order valence-electron chi connectivity index (χ1n) is 5.28. The zero-order valence-corrected chi connectivity index (χ0v) is 9.25. The average molecular weight is 203 g/mol. The van der Waals surface area contributed by atoms with Gasteiger partial charge in [0, 0.05) is 23.7 Å². The minimum Gasteiger partial charge on any atom is -0.396 e. The van der Waals surface area contributed by atoms with Crippen LogP contribution in [0.3, 0.4) is 0 Å². The molecular formula is C13H17NO. The van der Waals surface area contributed by atoms with Gasteiger partial charge >= 0.3 is 0 Å². The minimum atomic E-state index is -0.0500. The van der Waals surface area contributed by atoms with Crippen molar-refractivity contribution in [3.63, 3.8) is 0 Å². The number of hydrogen-bond acceptors (Lipinski definition) is 1. The molecule has 1 heterocycles. The summed E-state index contributed by atoms with van der Waals surface area (Å²) in [6, 6.07) is 8.36. The van der Waals surface area contributed by atoms with E-state index in [0.717, 1.165) is 6.42 Å². The molecule has 2 aromatic rings. The molecule has 0 spiro atoms. The van der Waals surface area contributed by atoms with E-state index >= 15 is 0 Å². The van der Waals surface area contributed by atoms with Gasteiger partial charge in [-0.3, -0.25) is 0 Å². The average Bonchev–Trinajstić information content (AvgIpc) is 2.66. The lowest BCUT2D eigenvalue weighted by Gasteiger charge is -2.21. The van der Waals surface area contributed by atoms with Crippen LogP contribution in [0, 0.1) is 5.41 Å². The van der Waals surface area contributed by atoms with Gasteiger partial charge < -0.3 is 10.1 Å². The second-order valence-electron chi connectivity index (χ2n) is 4.86. The van der Waals surface area contributed by atoms with E-state index in [4.69, 9.17) is 0 Å². The van der Waals surface area contributed by atoms with Crippen LogP contribution in [0.4, 0.5) is 0 Å². The Labute approximate surface area is 89.9 Å². The standard InChI is InChI=1S/C13H17NO/c1-13(2,9-15)8-10-4-3-5-12-11(10)6-7-14-12/h3-7,14-15H,8-9H2,1-2H3. The number of benzene rings is 1. The summed E-state index contributed by atoms with van der Waals surface area (Å²) < 4.78 is 0. The lowest BCUT2D eigenvalue weighted by Crippen LogP contribution is -2.19. The van der Waals surface area contributed by atoms with Gasteiger partial charge in [0.25, 0.3) is 0 Å². The molecule has 1 aromatic heterocycles. The fourth-order valence-corrected chi connectivity index (χ4v) is 1.88. The molecule has 2 N–H and O–H groups in total. The van der Waals surface area contributed by atoms with E-state index < -0.39 is 0 Å². The van der Waals surface area contributed by atoms with Gasteiger partial charge in [0.2, 0.25) is 0 Å². The molecule has 2 nitrogen and oxygen atoms in total. The second-order valence-corrected chi connectivity index (χ2v) is 4.86. The number of nitrogens with one attached hydrogen (secondary N) is 1. The van der Waals surface area contributed by atoms with E-state index in [-0.39, 0.29) is 12.0 Å². The molecular weight excluding hydrogens is 186 g/mol. The zero-order valence-electron chi connectivity index (χ0n) is 9.25. The molecule has 0 aliphatic rings. The predicted molar refractivity (Wildman–Crippen MR) is 62.9 cm³/mol. The normalized spacial score (nSPS) is 12.2. The Morgan fingerprint density at radius 2 is 2.07 bits per heavy atom. The van der Waals surface area contributed by atoms with Crippen LogP contribution in [0.15, 0.2) is 30.5 Å². The maximum atomic E-state index is 9.27. The molecule has 0 saturated heterocycles. The molecule has 0 atom stereocenters. The van der Waals surface area contributed by atoms with Crippen LogP contribution in [0.2, 0.25) is 0 Å². The van der Waals surface area contributed by atoms with Crippen molar-refractivity contribution in [1.29, 1.82) is 0 Å². The van der Waals surface area contributed by atoms with Gasteiger partial charge in [-0.2, -0.15) is 0 Å². The first kappa shape index (κ1) is 10.2. The summed E-state index contributed by atoms with van der Waals surface area (Å²) in [7, 11) is 0. The van der Waals surface area contributed by atoms with Crippen LogP contribution in [-0.4, -0.2) is 16.7 Å². The highest BCUT2D eigenvalue weighted by atomic mass is 16.3. The van der Waals surface area contributed by atoms with Crippen LogP contribution in [0.25, 0.3) is 10.9 Å². The Morgan fingerprint density at radius 3 is 2.80 bits per heavy atom. The maximum absolute atomic E-state index is 9.27. The van der Waals surface area contributed by atoms with Gasteiger partial charge in [0.05, 0.1) is 0 Å². The van der Waals surface area contributed by atoms with Gasteiger partial charge in [0.1, 0.15) is 0 Å². The summed E-state index contributed by atoms with van der Waals surface area (Å²) in [5, 5.41) is 10.5. The van der Waals surface area contributed by atoms with E-state index in [9.17, 15) is 5.11 Å². The van der Waals surface area contributed by atoms with Crippen molar-refractivity contribution in [2.45, 2.75) is 20.3 Å². The van der Waals surface area contributed by atoms with Crippen molar-refractivity contribution in [3.8, 4) is 0 Å². The molecule has 2 heteroatoms. The van der Waals surface area contributed by atoms with Crippen molar-refractivity contribution in [1.82, 2.24) is 4.98 Å². The number of aromatic nitrogens is 1. The summed E-state index contributed by atoms with van der Waals surface area (Å²) >= 11 is 0. The van der Waals surface area contributed by atoms with Gasteiger partial charge in [-0.15, -0.1) is 0 Å². The summed E-state index contributed by atoms with van der Waals surface area (Å²) in [4.78, 5) is 3.20. The quantitative estimate of drug-likeness (QED) is 0.790. The van der Waals surface area contributed by atoms with Crippen molar-refractivity contribution in [3.05, 3.63) is 36.0 Å².